The summed E-state index contributed by atoms with van der Waals surface area (Å²) in [7, 11) is 0. The fraction of sp³-hybridized carbons (Fsp3) is 0.905. The summed E-state index contributed by atoms with van der Waals surface area (Å²) in [6.45, 7) is 8.92. The highest BCUT2D eigenvalue weighted by atomic mass is 16.1. The number of ketones is 2. The van der Waals surface area contributed by atoms with Crippen LogP contribution < -0.4 is 0 Å². The van der Waals surface area contributed by atoms with Crippen LogP contribution in [0, 0.1) is 39.9 Å². The molecule has 0 amide bonds. The van der Waals surface area contributed by atoms with E-state index in [0.717, 1.165) is 18.8 Å². The molecule has 23 heavy (non-hydrogen) atoms. The van der Waals surface area contributed by atoms with Gasteiger partial charge in [-0.3, -0.25) is 9.59 Å². The molecule has 4 saturated carbocycles. The van der Waals surface area contributed by atoms with Gasteiger partial charge >= 0.3 is 0 Å². The second-order valence-electron chi connectivity index (χ2n) is 10.2. The highest BCUT2D eigenvalue weighted by Gasteiger charge is 2.64. The SMILES string of the molecule is CC1(C)C(=O)CC[C@@]2(C)[C@@H]3CC[C@@]4(C)CCC[C@@H]4[C@@H]3CC(=O)[C@@H]12. The monoisotopic (exact) mass is 316 g/mol. The Hall–Kier alpha value is -0.660. The molecule has 0 bridgehead atoms. The summed E-state index contributed by atoms with van der Waals surface area (Å²) in [6, 6.07) is 0. The third-order valence-corrected chi connectivity index (χ3v) is 8.81. The fourth-order valence-corrected chi connectivity index (χ4v) is 7.74. The van der Waals surface area contributed by atoms with E-state index in [4.69, 9.17) is 0 Å². The van der Waals surface area contributed by atoms with Crippen molar-refractivity contribution in [3.63, 3.8) is 0 Å². The lowest BCUT2D eigenvalue weighted by molar-refractivity contribution is -0.173. The van der Waals surface area contributed by atoms with Crippen molar-refractivity contribution < 1.29 is 9.59 Å². The summed E-state index contributed by atoms with van der Waals surface area (Å²) in [4.78, 5) is 25.7. The Labute approximate surface area is 140 Å². The van der Waals surface area contributed by atoms with E-state index in [2.05, 4.69) is 13.8 Å². The number of fused-ring (bicyclic) bond motifs is 5. The van der Waals surface area contributed by atoms with Crippen LogP contribution in [0.4, 0.5) is 0 Å². The normalized spacial score (nSPS) is 51.8. The first-order valence-corrected chi connectivity index (χ1v) is 9.76. The zero-order valence-corrected chi connectivity index (χ0v) is 15.3. The number of carbonyl (C=O) groups is 2. The van der Waals surface area contributed by atoms with E-state index in [1.165, 1.54) is 32.1 Å². The molecule has 0 aromatic rings. The van der Waals surface area contributed by atoms with Crippen molar-refractivity contribution in [2.24, 2.45) is 39.9 Å². The van der Waals surface area contributed by atoms with E-state index in [-0.39, 0.29) is 11.3 Å². The lowest BCUT2D eigenvalue weighted by Crippen LogP contribution is -2.61. The van der Waals surface area contributed by atoms with Gasteiger partial charge in [0.25, 0.3) is 0 Å². The average molecular weight is 316 g/mol. The summed E-state index contributed by atoms with van der Waals surface area (Å²) in [6.07, 6.45) is 9.03. The van der Waals surface area contributed by atoms with Crippen LogP contribution in [0.1, 0.15) is 79.1 Å². The predicted molar refractivity (Wildman–Crippen MR) is 90.9 cm³/mol. The van der Waals surface area contributed by atoms with Gasteiger partial charge in [0.05, 0.1) is 0 Å². The molecule has 4 aliphatic carbocycles. The van der Waals surface area contributed by atoms with Gasteiger partial charge in [0.2, 0.25) is 0 Å². The van der Waals surface area contributed by atoms with Gasteiger partial charge in [-0.1, -0.05) is 34.1 Å². The molecule has 0 N–H and O–H groups in total. The van der Waals surface area contributed by atoms with Crippen LogP contribution in [0.25, 0.3) is 0 Å². The minimum absolute atomic E-state index is 0.0386. The minimum Gasteiger partial charge on any atom is -0.299 e. The van der Waals surface area contributed by atoms with Gasteiger partial charge in [0.15, 0.2) is 0 Å². The second-order valence-corrected chi connectivity index (χ2v) is 10.2. The molecule has 6 atom stereocenters. The van der Waals surface area contributed by atoms with Gasteiger partial charge in [-0.05, 0) is 60.7 Å². The molecule has 0 saturated heterocycles. The first kappa shape index (κ1) is 15.8. The summed E-state index contributed by atoms with van der Waals surface area (Å²) in [5, 5.41) is 0. The molecule has 4 fully saturated rings. The van der Waals surface area contributed by atoms with Crippen LogP contribution in [0.5, 0.6) is 0 Å². The van der Waals surface area contributed by atoms with Gasteiger partial charge in [-0.25, -0.2) is 0 Å². The third-order valence-electron chi connectivity index (χ3n) is 8.81. The van der Waals surface area contributed by atoms with Gasteiger partial charge in [0.1, 0.15) is 11.6 Å². The molecule has 0 heterocycles. The maximum absolute atomic E-state index is 13.2. The first-order chi connectivity index (χ1) is 10.7. The zero-order chi connectivity index (χ0) is 16.6. The Balaban J connectivity index is 1.75. The summed E-state index contributed by atoms with van der Waals surface area (Å²) >= 11 is 0. The van der Waals surface area contributed by atoms with Crippen LogP contribution >= 0.6 is 0 Å². The van der Waals surface area contributed by atoms with Crippen molar-refractivity contribution in [2.75, 3.05) is 0 Å². The lowest BCUT2D eigenvalue weighted by Gasteiger charge is -2.61. The van der Waals surface area contributed by atoms with E-state index in [1.807, 2.05) is 13.8 Å². The molecule has 4 rings (SSSR count). The van der Waals surface area contributed by atoms with Crippen LogP contribution in [-0.2, 0) is 9.59 Å². The highest BCUT2D eigenvalue weighted by molar-refractivity contribution is 5.94. The van der Waals surface area contributed by atoms with Crippen LogP contribution in [0.2, 0.25) is 0 Å². The maximum Gasteiger partial charge on any atom is 0.139 e. The number of hydrogen-bond acceptors (Lipinski definition) is 2. The van der Waals surface area contributed by atoms with Crippen LogP contribution in [0.15, 0.2) is 0 Å². The summed E-state index contributed by atoms with van der Waals surface area (Å²) in [5.74, 6) is 2.69. The van der Waals surface area contributed by atoms with Gasteiger partial charge in [0, 0.05) is 24.2 Å². The zero-order valence-electron chi connectivity index (χ0n) is 15.3. The molecular formula is C21H32O2. The molecule has 128 valence electrons. The quantitative estimate of drug-likeness (QED) is 0.643. The Morgan fingerprint density at radius 3 is 2.39 bits per heavy atom. The molecule has 2 nitrogen and oxygen atoms in total. The Bertz CT molecular complexity index is 562. The van der Waals surface area contributed by atoms with Crippen molar-refractivity contribution >= 4 is 11.6 Å². The Morgan fingerprint density at radius 1 is 0.913 bits per heavy atom. The summed E-state index contributed by atoms with van der Waals surface area (Å²) < 4.78 is 0. The van der Waals surface area contributed by atoms with Crippen molar-refractivity contribution in [3.05, 3.63) is 0 Å². The van der Waals surface area contributed by atoms with Gasteiger partial charge < -0.3 is 0 Å². The topological polar surface area (TPSA) is 34.1 Å². The molecule has 0 radical (unpaired) electrons. The van der Waals surface area contributed by atoms with Crippen molar-refractivity contribution in [1.29, 1.82) is 0 Å². The minimum atomic E-state index is -0.453. The lowest BCUT2D eigenvalue weighted by atomic mass is 9.41. The third kappa shape index (κ3) is 1.93. The molecule has 0 spiro atoms. The standard InChI is InChI=1S/C21H32O2/c1-19(2)17(23)8-11-21(4)15-7-10-20(3)9-5-6-14(20)13(15)12-16(22)18(19)21/h13-15,18H,5-12H2,1-4H3/t13-,14+,15+,18-,20+,21-/m0/s1. The van der Waals surface area contributed by atoms with E-state index in [9.17, 15) is 9.59 Å². The Kier molecular flexibility index (Phi) is 3.24. The number of hydrogen-bond donors (Lipinski definition) is 0. The molecular weight excluding hydrogens is 284 g/mol. The number of Topliss-reactive ketones (excluding diaryl/α,β-unsaturated/α-hetero) is 2. The molecule has 0 unspecified atom stereocenters. The number of carbonyl (C=O) groups excluding carboxylic acids is 2. The van der Waals surface area contributed by atoms with E-state index >= 15 is 0 Å². The molecule has 0 aromatic heterocycles. The van der Waals surface area contributed by atoms with E-state index < -0.39 is 5.41 Å². The number of rotatable bonds is 0. The average Bonchev–Trinajstić information content (AvgIpc) is 2.85. The van der Waals surface area contributed by atoms with E-state index in [0.29, 0.717) is 35.2 Å². The van der Waals surface area contributed by atoms with E-state index in [1.54, 1.807) is 0 Å². The molecule has 2 heteroatoms. The molecule has 0 aliphatic heterocycles. The first-order valence-electron chi connectivity index (χ1n) is 9.76. The van der Waals surface area contributed by atoms with Crippen molar-refractivity contribution in [3.8, 4) is 0 Å². The highest BCUT2D eigenvalue weighted by Crippen LogP contribution is 2.67. The maximum atomic E-state index is 13.2. The Morgan fingerprint density at radius 2 is 1.65 bits per heavy atom. The van der Waals surface area contributed by atoms with Gasteiger partial charge in [-0.15, -0.1) is 0 Å². The molecule has 0 aromatic carbocycles. The second kappa shape index (κ2) is 4.70. The van der Waals surface area contributed by atoms with Crippen molar-refractivity contribution in [1.82, 2.24) is 0 Å². The largest absolute Gasteiger partial charge is 0.299 e. The predicted octanol–water partition coefficient (Wildman–Crippen LogP) is 4.80. The fourth-order valence-electron chi connectivity index (χ4n) is 7.74. The summed E-state index contributed by atoms with van der Waals surface area (Å²) in [5.41, 5.74) is 0.0947. The van der Waals surface area contributed by atoms with Crippen LogP contribution in [-0.4, -0.2) is 11.6 Å². The smallest absolute Gasteiger partial charge is 0.139 e. The van der Waals surface area contributed by atoms with Crippen LogP contribution in [0.3, 0.4) is 0 Å². The van der Waals surface area contributed by atoms with Gasteiger partial charge in [-0.2, -0.15) is 0 Å². The van der Waals surface area contributed by atoms with Crippen molar-refractivity contribution in [2.45, 2.75) is 79.1 Å². The molecule has 4 aliphatic rings.